The van der Waals surface area contributed by atoms with Crippen LogP contribution in [0.15, 0.2) is 30.3 Å². The van der Waals surface area contributed by atoms with Crippen molar-refractivity contribution in [3.05, 3.63) is 35.9 Å². The van der Waals surface area contributed by atoms with Crippen LogP contribution < -0.4 is 5.32 Å². The van der Waals surface area contributed by atoms with Gasteiger partial charge in [-0.3, -0.25) is 4.90 Å². The molecule has 1 fully saturated rings. The minimum atomic E-state index is 0.660. The van der Waals surface area contributed by atoms with E-state index >= 15 is 0 Å². The van der Waals surface area contributed by atoms with E-state index in [0.717, 1.165) is 12.6 Å². The number of hydrogen-bond acceptors (Lipinski definition) is 2. The molecule has 100 valence electrons. The maximum Gasteiger partial charge on any atom is 0.0208 e. The average Bonchev–Trinajstić information content (AvgIpc) is 2.45. The van der Waals surface area contributed by atoms with Crippen LogP contribution in [0.25, 0.3) is 0 Å². The fourth-order valence-electron chi connectivity index (χ4n) is 2.69. The fourth-order valence-corrected chi connectivity index (χ4v) is 2.69. The minimum Gasteiger partial charge on any atom is -0.309 e. The Labute approximate surface area is 111 Å². The van der Waals surface area contributed by atoms with Crippen molar-refractivity contribution in [2.45, 2.75) is 51.7 Å². The van der Waals surface area contributed by atoms with Crippen LogP contribution in [-0.2, 0) is 6.54 Å². The van der Waals surface area contributed by atoms with Gasteiger partial charge < -0.3 is 5.32 Å². The zero-order chi connectivity index (χ0) is 12.8. The summed E-state index contributed by atoms with van der Waals surface area (Å²) < 4.78 is 0. The number of rotatable bonds is 5. The number of likely N-dealkylation sites (tertiary alicyclic amines) is 1. The molecule has 0 saturated carbocycles. The second kappa shape index (κ2) is 6.91. The fraction of sp³-hybridized carbons (Fsp3) is 0.625. The van der Waals surface area contributed by atoms with Crippen LogP contribution in [0.5, 0.6) is 0 Å². The summed E-state index contributed by atoms with van der Waals surface area (Å²) in [6.07, 6.45) is 3.90. The first-order valence-corrected chi connectivity index (χ1v) is 7.31. The molecule has 2 rings (SSSR count). The highest BCUT2D eigenvalue weighted by atomic mass is 15.2. The van der Waals surface area contributed by atoms with E-state index in [1.807, 2.05) is 0 Å². The van der Waals surface area contributed by atoms with Crippen molar-refractivity contribution >= 4 is 0 Å². The second-order valence-corrected chi connectivity index (χ2v) is 5.46. The number of hydrogen-bond donors (Lipinski definition) is 1. The summed E-state index contributed by atoms with van der Waals surface area (Å²) in [5.41, 5.74) is 1.39. The van der Waals surface area contributed by atoms with Crippen molar-refractivity contribution in [2.75, 3.05) is 13.1 Å². The molecule has 0 bridgehead atoms. The lowest BCUT2D eigenvalue weighted by atomic mass is 10.0. The molecule has 1 saturated heterocycles. The Balaban J connectivity index is 1.79. The zero-order valence-corrected chi connectivity index (χ0v) is 11.7. The highest BCUT2D eigenvalue weighted by molar-refractivity contribution is 5.14. The summed E-state index contributed by atoms with van der Waals surface area (Å²) in [5, 5.41) is 3.71. The molecule has 1 aromatic carbocycles. The largest absolute Gasteiger partial charge is 0.309 e. The van der Waals surface area contributed by atoms with Crippen LogP contribution in [-0.4, -0.2) is 30.1 Å². The van der Waals surface area contributed by atoms with Gasteiger partial charge in [0, 0.05) is 25.2 Å². The molecule has 2 unspecified atom stereocenters. The Hall–Kier alpha value is -0.860. The second-order valence-electron chi connectivity index (χ2n) is 5.46. The number of nitrogens with zero attached hydrogens (tertiary/aromatic N) is 1. The van der Waals surface area contributed by atoms with Crippen molar-refractivity contribution < 1.29 is 0 Å². The van der Waals surface area contributed by atoms with Crippen molar-refractivity contribution in [1.82, 2.24) is 10.2 Å². The summed E-state index contributed by atoms with van der Waals surface area (Å²) in [4.78, 5) is 2.63. The van der Waals surface area contributed by atoms with Crippen LogP contribution in [0, 0.1) is 0 Å². The van der Waals surface area contributed by atoms with Gasteiger partial charge in [-0.15, -0.1) is 0 Å². The lowest BCUT2D eigenvalue weighted by Crippen LogP contribution is -2.48. The zero-order valence-electron chi connectivity index (χ0n) is 11.7. The molecule has 18 heavy (non-hydrogen) atoms. The Morgan fingerprint density at radius 1 is 1.33 bits per heavy atom. The third-order valence-electron chi connectivity index (χ3n) is 4.10. The van der Waals surface area contributed by atoms with E-state index in [4.69, 9.17) is 0 Å². The Morgan fingerprint density at radius 3 is 2.83 bits per heavy atom. The molecule has 1 aliphatic heterocycles. The van der Waals surface area contributed by atoms with E-state index in [0.29, 0.717) is 6.04 Å². The smallest absolute Gasteiger partial charge is 0.0208 e. The van der Waals surface area contributed by atoms with Crippen molar-refractivity contribution in [2.24, 2.45) is 0 Å². The van der Waals surface area contributed by atoms with E-state index in [-0.39, 0.29) is 0 Å². The normalized spacial score (nSPS) is 22.9. The summed E-state index contributed by atoms with van der Waals surface area (Å²) in [5.74, 6) is 0. The highest BCUT2D eigenvalue weighted by Crippen LogP contribution is 2.15. The molecular formula is C16H26N2. The van der Waals surface area contributed by atoms with Gasteiger partial charge in [-0.2, -0.15) is 0 Å². The maximum atomic E-state index is 3.71. The van der Waals surface area contributed by atoms with Crippen LogP contribution >= 0.6 is 0 Å². The first kappa shape index (κ1) is 13.6. The summed E-state index contributed by atoms with van der Waals surface area (Å²) in [7, 11) is 0. The Bertz CT molecular complexity index is 336. The third-order valence-corrected chi connectivity index (χ3v) is 4.10. The molecule has 0 spiro atoms. The van der Waals surface area contributed by atoms with E-state index < -0.39 is 0 Å². The number of piperidine rings is 1. The molecular weight excluding hydrogens is 220 g/mol. The quantitative estimate of drug-likeness (QED) is 0.859. The molecule has 0 radical (unpaired) electrons. The van der Waals surface area contributed by atoms with Gasteiger partial charge in [0.2, 0.25) is 0 Å². The summed E-state index contributed by atoms with van der Waals surface area (Å²) >= 11 is 0. The van der Waals surface area contributed by atoms with Crippen molar-refractivity contribution in [3.63, 3.8) is 0 Å². The van der Waals surface area contributed by atoms with Gasteiger partial charge in [-0.1, -0.05) is 37.3 Å². The number of nitrogens with one attached hydrogen (secondary N) is 1. The van der Waals surface area contributed by atoms with Crippen molar-refractivity contribution in [1.29, 1.82) is 0 Å². The molecule has 2 atom stereocenters. The molecule has 1 N–H and O–H groups in total. The third kappa shape index (κ3) is 3.82. The predicted molar refractivity (Wildman–Crippen MR) is 77.6 cm³/mol. The average molecular weight is 246 g/mol. The summed E-state index contributed by atoms with van der Waals surface area (Å²) in [6, 6.07) is 12.1. The lowest BCUT2D eigenvalue weighted by molar-refractivity contribution is 0.142. The molecule has 1 aromatic rings. The predicted octanol–water partition coefficient (Wildman–Crippen LogP) is 3.04. The molecule has 2 heteroatoms. The lowest BCUT2D eigenvalue weighted by Gasteiger charge is -2.37. The Morgan fingerprint density at radius 2 is 2.11 bits per heavy atom. The van der Waals surface area contributed by atoms with Gasteiger partial charge >= 0.3 is 0 Å². The molecule has 1 heterocycles. The standard InChI is InChI=1S/C16H26N2/c1-3-14(2)18-11-7-10-16(13-18)17-12-15-8-5-4-6-9-15/h4-6,8-9,14,16-17H,3,7,10-13H2,1-2H3. The van der Waals surface area contributed by atoms with E-state index in [2.05, 4.69) is 54.4 Å². The molecule has 0 aliphatic carbocycles. The molecule has 0 amide bonds. The molecule has 1 aliphatic rings. The van der Waals surface area contributed by atoms with E-state index in [1.54, 1.807) is 0 Å². The van der Waals surface area contributed by atoms with Crippen LogP contribution in [0.4, 0.5) is 0 Å². The van der Waals surface area contributed by atoms with Crippen LogP contribution in [0.3, 0.4) is 0 Å². The van der Waals surface area contributed by atoms with Gasteiger partial charge in [0.25, 0.3) is 0 Å². The SMILES string of the molecule is CCC(C)N1CCCC(NCc2ccccc2)C1. The van der Waals surface area contributed by atoms with E-state index in [1.165, 1.54) is 37.9 Å². The van der Waals surface area contributed by atoms with Crippen molar-refractivity contribution in [3.8, 4) is 0 Å². The first-order valence-electron chi connectivity index (χ1n) is 7.31. The minimum absolute atomic E-state index is 0.660. The van der Waals surface area contributed by atoms with Gasteiger partial charge in [0.1, 0.15) is 0 Å². The molecule has 0 aromatic heterocycles. The van der Waals surface area contributed by atoms with Crippen LogP contribution in [0.1, 0.15) is 38.7 Å². The Kier molecular flexibility index (Phi) is 5.21. The highest BCUT2D eigenvalue weighted by Gasteiger charge is 2.22. The van der Waals surface area contributed by atoms with Crippen LogP contribution in [0.2, 0.25) is 0 Å². The number of benzene rings is 1. The topological polar surface area (TPSA) is 15.3 Å². The monoisotopic (exact) mass is 246 g/mol. The van der Waals surface area contributed by atoms with Gasteiger partial charge in [0.15, 0.2) is 0 Å². The first-order chi connectivity index (χ1) is 8.79. The van der Waals surface area contributed by atoms with Gasteiger partial charge in [0.05, 0.1) is 0 Å². The van der Waals surface area contributed by atoms with Gasteiger partial charge in [-0.25, -0.2) is 0 Å². The maximum absolute atomic E-state index is 3.71. The van der Waals surface area contributed by atoms with E-state index in [9.17, 15) is 0 Å². The molecule has 2 nitrogen and oxygen atoms in total. The van der Waals surface area contributed by atoms with Gasteiger partial charge in [-0.05, 0) is 38.3 Å². The summed E-state index contributed by atoms with van der Waals surface area (Å²) in [6.45, 7) is 8.12.